The minimum Gasteiger partial charge on any atom is -0.306 e. The number of hydrogen-bond acceptors (Lipinski definition) is 5. The molecule has 2 heterocycles. The summed E-state index contributed by atoms with van der Waals surface area (Å²) in [5.74, 6) is -0.0203. The summed E-state index contributed by atoms with van der Waals surface area (Å²) in [4.78, 5) is 16.9. The van der Waals surface area contributed by atoms with Gasteiger partial charge in [-0.1, -0.05) is 23.8 Å². The second-order valence-electron chi connectivity index (χ2n) is 6.72. The van der Waals surface area contributed by atoms with Gasteiger partial charge in [-0.15, -0.1) is 0 Å². The lowest BCUT2D eigenvalue weighted by atomic mass is 10.2. The smallest absolute Gasteiger partial charge is 0.264 e. The second-order valence-corrected chi connectivity index (χ2v) is 8.69. The second kappa shape index (κ2) is 7.60. The van der Waals surface area contributed by atoms with Gasteiger partial charge in [0, 0.05) is 24.9 Å². The van der Waals surface area contributed by atoms with Crippen LogP contribution >= 0.6 is 0 Å². The lowest BCUT2D eigenvalue weighted by Gasteiger charge is -2.20. The Kier molecular flexibility index (Phi) is 4.96. The summed E-state index contributed by atoms with van der Waals surface area (Å²) in [7, 11) is -2.35. The molecule has 0 unspecified atom stereocenters. The van der Waals surface area contributed by atoms with E-state index in [1.165, 1.54) is 28.0 Å². The normalized spacial score (nSPS) is 11.4. The zero-order valence-electron chi connectivity index (χ0n) is 16.4. The summed E-state index contributed by atoms with van der Waals surface area (Å²) in [6.45, 7) is 1.93. The number of rotatable bonds is 5. The van der Waals surface area contributed by atoms with Gasteiger partial charge in [0.1, 0.15) is 5.82 Å². The molecule has 9 heteroatoms. The Morgan fingerprint density at radius 1 is 1.03 bits per heavy atom. The topological polar surface area (TPSA) is 96.7 Å². The molecular weight excluding hydrogens is 402 g/mol. The van der Waals surface area contributed by atoms with Gasteiger partial charge in [0.2, 0.25) is 0 Å². The zero-order valence-corrected chi connectivity index (χ0v) is 17.2. The van der Waals surface area contributed by atoms with Crippen molar-refractivity contribution in [3.8, 4) is 0 Å². The molecule has 152 valence electrons. The van der Waals surface area contributed by atoms with Crippen LogP contribution in [0.3, 0.4) is 0 Å². The van der Waals surface area contributed by atoms with Crippen molar-refractivity contribution in [3.05, 3.63) is 84.2 Å². The third-order valence-electron chi connectivity index (χ3n) is 4.68. The number of aromatic nitrogens is 3. The lowest BCUT2D eigenvalue weighted by molar-refractivity contribution is 0.102. The average Bonchev–Trinajstić information content (AvgIpc) is 3.24. The van der Waals surface area contributed by atoms with Crippen molar-refractivity contribution in [2.45, 2.75) is 11.8 Å². The number of fused-ring (bicyclic) bond motifs is 1. The number of nitrogens with one attached hydrogen (secondary N) is 1. The Labute approximate surface area is 173 Å². The van der Waals surface area contributed by atoms with Crippen molar-refractivity contribution in [2.75, 3.05) is 16.7 Å². The molecule has 0 aliphatic carbocycles. The number of carbonyl (C=O) groups is 1. The first kappa shape index (κ1) is 19.6. The Morgan fingerprint density at radius 2 is 1.80 bits per heavy atom. The molecule has 0 aliphatic rings. The first-order chi connectivity index (χ1) is 14.4. The van der Waals surface area contributed by atoms with Crippen LogP contribution in [0.5, 0.6) is 0 Å². The van der Waals surface area contributed by atoms with Gasteiger partial charge in [0.15, 0.2) is 5.65 Å². The first-order valence-corrected chi connectivity index (χ1v) is 10.6. The number of amides is 1. The Bertz CT molecular complexity index is 1330. The highest BCUT2D eigenvalue weighted by Crippen LogP contribution is 2.23. The van der Waals surface area contributed by atoms with Gasteiger partial charge in [-0.3, -0.25) is 9.10 Å². The van der Waals surface area contributed by atoms with Crippen LogP contribution in [-0.2, 0) is 10.0 Å². The van der Waals surface area contributed by atoms with E-state index in [0.29, 0.717) is 17.2 Å². The summed E-state index contributed by atoms with van der Waals surface area (Å²) < 4.78 is 28.8. The van der Waals surface area contributed by atoms with Gasteiger partial charge >= 0.3 is 0 Å². The fourth-order valence-corrected chi connectivity index (χ4v) is 4.21. The quantitative estimate of drug-likeness (QED) is 0.534. The third-order valence-corrected chi connectivity index (χ3v) is 6.47. The van der Waals surface area contributed by atoms with Gasteiger partial charge < -0.3 is 5.32 Å². The molecule has 4 rings (SSSR count). The predicted molar refractivity (Wildman–Crippen MR) is 114 cm³/mol. The summed E-state index contributed by atoms with van der Waals surface area (Å²) in [5.41, 5.74) is 2.37. The molecule has 0 spiro atoms. The number of sulfonamides is 1. The molecule has 2 aromatic carbocycles. The molecule has 0 atom stereocenters. The van der Waals surface area contributed by atoms with Crippen molar-refractivity contribution in [1.82, 2.24) is 14.6 Å². The highest BCUT2D eigenvalue weighted by atomic mass is 32.2. The Hall–Kier alpha value is -3.72. The van der Waals surface area contributed by atoms with Crippen molar-refractivity contribution in [1.29, 1.82) is 0 Å². The number of nitrogens with zero attached hydrogens (tertiary/aromatic N) is 4. The van der Waals surface area contributed by atoms with Gasteiger partial charge in [-0.25, -0.2) is 13.4 Å². The lowest BCUT2D eigenvalue weighted by Crippen LogP contribution is -2.27. The van der Waals surface area contributed by atoms with Crippen LogP contribution in [0.4, 0.5) is 11.5 Å². The molecule has 1 amide bonds. The van der Waals surface area contributed by atoms with E-state index in [1.807, 2.05) is 19.1 Å². The largest absolute Gasteiger partial charge is 0.306 e. The molecule has 0 bridgehead atoms. The van der Waals surface area contributed by atoms with Crippen molar-refractivity contribution in [3.63, 3.8) is 0 Å². The maximum absolute atomic E-state index is 13.1. The fraction of sp³-hybridized carbons (Fsp3) is 0.0952. The van der Waals surface area contributed by atoms with Crippen molar-refractivity contribution < 1.29 is 13.2 Å². The van der Waals surface area contributed by atoms with Crippen LogP contribution in [0.2, 0.25) is 0 Å². The molecule has 4 aromatic rings. The summed E-state index contributed by atoms with van der Waals surface area (Å²) in [6.07, 6.45) is 3.14. The first-order valence-electron chi connectivity index (χ1n) is 9.12. The summed E-state index contributed by atoms with van der Waals surface area (Å²) >= 11 is 0. The zero-order chi connectivity index (χ0) is 21.3. The molecule has 0 fully saturated rings. The summed E-state index contributed by atoms with van der Waals surface area (Å²) in [6, 6.07) is 16.4. The van der Waals surface area contributed by atoms with E-state index >= 15 is 0 Å². The van der Waals surface area contributed by atoms with Crippen LogP contribution in [0.25, 0.3) is 5.65 Å². The maximum atomic E-state index is 13.1. The van der Waals surface area contributed by atoms with E-state index < -0.39 is 15.9 Å². The van der Waals surface area contributed by atoms with Gasteiger partial charge in [0.05, 0.1) is 16.8 Å². The van der Waals surface area contributed by atoms with Gasteiger partial charge in [-0.05, 0) is 43.3 Å². The van der Waals surface area contributed by atoms with E-state index in [0.717, 1.165) is 5.56 Å². The van der Waals surface area contributed by atoms with E-state index in [-0.39, 0.29) is 10.5 Å². The van der Waals surface area contributed by atoms with Crippen LogP contribution in [-0.4, -0.2) is 36.0 Å². The fourth-order valence-electron chi connectivity index (χ4n) is 2.97. The highest BCUT2D eigenvalue weighted by Gasteiger charge is 2.22. The van der Waals surface area contributed by atoms with E-state index in [1.54, 1.807) is 48.8 Å². The SMILES string of the molecule is Cc1ccc(N(C)S(=O)(=O)c2cccc(C(=O)Nc3ccnc4ccnn34)c2)cc1. The van der Waals surface area contributed by atoms with E-state index in [4.69, 9.17) is 0 Å². The molecule has 0 radical (unpaired) electrons. The summed E-state index contributed by atoms with van der Waals surface area (Å²) in [5, 5.41) is 6.87. The highest BCUT2D eigenvalue weighted by molar-refractivity contribution is 7.92. The van der Waals surface area contributed by atoms with Gasteiger partial charge in [0.25, 0.3) is 15.9 Å². The number of benzene rings is 2. The molecule has 0 saturated heterocycles. The van der Waals surface area contributed by atoms with E-state index in [9.17, 15) is 13.2 Å². The van der Waals surface area contributed by atoms with Crippen LogP contribution in [0.1, 0.15) is 15.9 Å². The molecule has 1 N–H and O–H groups in total. The molecule has 30 heavy (non-hydrogen) atoms. The van der Waals surface area contributed by atoms with Crippen LogP contribution in [0.15, 0.2) is 78.0 Å². The molecule has 2 aromatic heterocycles. The molecule has 8 nitrogen and oxygen atoms in total. The number of hydrogen-bond donors (Lipinski definition) is 1. The number of aryl methyl sites for hydroxylation is 1. The minimum atomic E-state index is -3.83. The average molecular weight is 421 g/mol. The predicted octanol–water partition coefficient (Wildman–Crippen LogP) is 3.12. The maximum Gasteiger partial charge on any atom is 0.264 e. The molecule has 0 saturated carbocycles. The van der Waals surface area contributed by atoms with E-state index in [2.05, 4.69) is 15.4 Å². The van der Waals surface area contributed by atoms with Crippen molar-refractivity contribution in [2.24, 2.45) is 0 Å². The minimum absolute atomic E-state index is 0.0252. The monoisotopic (exact) mass is 421 g/mol. The molecular formula is C21H19N5O3S. The standard InChI is InChI=1S/C21H19N5O3S/c1-15-6-8-17(9-7-15)25(2)30(28,29)18-5-3-4-16(14-18)21(27)24-20-10-12-22-19-11-13-23-26(19)20/h3-14H,1-2H3,(H,24,27). The Morgan fingerprint density at radius 3 is 2.57 bits per heavy atom. The Balaban J connectivity index is 1.62. The van der Waals surface area contributed by atoms with Crippen LogP contribution < -0.4 is 9.62 Å². The van der Waals surface area contributed by atoms with Crippen molar-refractivity contribution >= 4 is 33.1 Å². The van der Waals surface area contributed by atoms with Gasteiger partial charge in [-0.2, -0.15) is 9.61 Å². The third kappa shape index (κ3) is 3.62. The van der Waals surface area contributed by atoms with Crippen LogP contribution in [0, 0.1) is 6.92 Å². The number of anilines is 2. The number of carbonyl (C=O) groups excluding carboxylic acids is 1. The molecule has 0 aliphatic heterocycles.